The number of hydrogen-bond donors (Lipinski definition) is 4. The van der Waals surface area contributed by atoms with Crippen LogP contribution in [0.2, 0.25) is 0 Å². The molecule has 0 spiro atoms. The van der Waals surface area contributed by atoms with Gasteiger partial charge in [0.05, 0.1) is 0 Å². The van der Waals surface area contributed by atoms with Crippen LogP contribution < -0.4 is 10.6 Å². The Morgan fingerprint density at radius 2 is 1.12 bits per heavy atom. The molecule has 0 aromatic heterocycles. The summed E-state index contributed by atoms with van der Waals surface area (Å²) < 4.78 is 0. The zero-order valence-electron chi connectivity index (χ0n) is 9.68. The number of carbonyl (C=O) groups excluding carboxylic acids is 1. The van der Waals surface area contributed by atoms with E-state index in [0.717, 1.165) is 0 Å². The molecule has 1 rings (SSSR count). The number of nitrogens with one attached hydrogen (secondary N) is 2. The van der Waals surface area contributed by atoms with Crippen LogP contribution in [0.25, 0.3) is 0 Å². The van der Waals surface area contributed by atoms with Crippen LogP contribution in [0, 0.1) is 0 Å². The van der Waals surface area contributed by atoms with Gasteiger partial charge in [-0.15, -0.1) is 0 Å². The van der Waals surface area contributed by atoms with Gasteiger partial charge < -0.3 is 20.8 Å². The lowest BCUT2D eigenvalue weighted by Crippen LogP contribution is -2.36. The highest BCUT2D eigenvalue weighted by molar-refractivity contribution is 5.73. The molecule has 0 heterocycles. The van der Waals surface area contributed by atoms with Gasteiger partial charge >= 0.3 is 6.03 Å². The van der Waals surface area contributed by atoms with Gasteiger partial charge in [-0.25, -0.2) is 4.79 Å². The summed E-state index contributed by atoms with van der Waals surface area (Å²) in [6.45, 7) is 3.15. The molecule has 0 saturated carbocycles. The Kier molecular flexibility index (Phi) is 16.7. The molecule has 2 amide bonds. The van der Waals surface area contributed by atoms with E-state index in [1.807, 2.05) is 60.9 Å². The normalized spacial score (nSPS) is 7.50. The molecule has 0 fully saturated rings. The topological polar surface area (TPSA) is 81.6 Å². The lowest BCUT2D eigenvalue weighted by atomic mass is 10.4. The zero-order chi connectivity index (χ0) is 12.6. The van der Waals surface area contributed by atoms with E-state index >= 15 is 0 Å². The van der Waals surface area contributed by atoms with Gasteiger partial charge in [-0.3, -0.25) is 0 Å². The van der Waals surface area contributed by atoms with Crippen molar-refractivity contribution in [1.82, 2.24) is 10.6 Å². The monoisotopic (exact) mass is 228 g/mol. The second kappa shape index (κ2) is 15.9. The largest absolute Gasteiger partial charge is 0.376 e. The van der Waals surface area contributed by atoms with E-state index in [1.54, 1.807) is 0 Å². The predicted octanol–water partition coefficient (Wildman–Crippen LogP) is 0.898. The molecular formula is C11H20N2O3. The molecule has 0 aliphatic rings. The van der Waals surface area contributed by atoms with Crippen molar-refractivity contribution in [2.45, 2.75) is 13.8 Å². The second-order valence-electron chi connectivity index (χ2n) is 2.15. The molecule has 16 heavy (non-hydrogen) atoms. The summed E-state index contributed by atoms with van der Waals surface area (Å²) in [5, 5.41) is 20.0. The van der Waals surface area contributed by atoms with Crippen molar-refractivity contribution in [3.8, 4) is 0 Å². The van der Waals surface area contributed by atoms with Gasteiger partial charge in [0.25, 0.3) is 0 Å². The molecule has 92 valence electrons. The molecule has 1 aromatic carbocycles. The number of benzene rings is 1. The van der Waals surface area contributed by atoms with Crippen molar-refractivity contribution in [2.75, 3.05) is 13.5 Å². The van der Waals surface area contributed by atoms with Crippen molar-refractivity contribution in [3.63, 3.8) is 0 Å². The van der Waals surface area contributed by atoms with Crippen LogP contribution in [-0.4, -0.2) is 29.7 Å². The highest BCUT2D eigenvalue weighted by atomic mass is 16.3. The summed E-state index contributed by atoms with van der Waals surface area (Å²) in [7, 11) is 0. The second-order valence-corrected chi connectivity index (χ2v) is 2.15. The minimum absolute atomic E-state index is 0.425. The molecule has 0 aliphatic carbocycles. The fourth-order valence-electron chi connectivity index (χ4n) is 0.591. The number of aliphatic hydroxyl groups is 2. The van der Waals surface area contributed by atoms with Crippen LogP contribution in [-0.2, 0) is 0 Å². The van der Waals surface area contributed by atoms with Crippen molar-refractivity contribution in [3.05, 3.63) is 36.4 Å². The molecule has 5 nitrogen and oxygen atoms in total. The van der Waals surface area contributed by atoms with Gasteiger partial charge in [0, 0.05) is 0 Å². The van der Waals surface area contributed by atoms with E-state index < -0.39 is 19.5 Å². The predicted molar refractivity (Wildman–Crippen MR) is 63.6 cm³/mol. The first kappa shape index (κ1) is 16.8. The Labute approximate surface area is 96.1 Å². The molecule has 0 bridgehead atoms. The number of amides is 2. The zero-order valence-corrected chi connectivity index (χ0v) is 9.68. The van der Waals surface area contributed by atoms with E-state index in [0.29, 0.717) is 0 Å². The Morgan fingerprint density at radius 1 is 0.875 bits per heavy atom. The number of hydrogen-bond acceptors (Lipinski definition) is 3. The van der Waals surface area contributed by atoms with Gasteiger partial charge in [-0.05, 0) is 0 Å². The van der Waals surface area contributed by atoms with Crippen molar-refractivity contribution in [2.24, 2.45) is 0 Å². The quantitative estimate of drug-likeness (QED) is 0.568. The van der Waals surface area contributed by atoms with Crippen LogP contribution in [0.1, 0.15) is 13.8 Å². The van der Waals surface area contributed by atoms with Crippen molar-refractivity contribution in [1.29, 1.82) is 0 Å². The number of carbonyl (C=O) groups is 1. The third-order valence-electron chi connectivity index (χ3n) is 1.15. The smallest absolute Gasteiger partial charge is 0.318 e. The van der Waals surface area contributed by atoms with E-state index in [4.69, 9.17) is 10.2 Å². The fraction of sp³-hybridized carbons (Fsp3) is 0.364. The molecule has 0 aliphatic heterocycles. The first-order valence-electron chi connectivity index (χ1n) is 5.04. The third kappa shape index (κ3) is 14.9. The van der Waals surface area contributed by atoms with Gasteiger partial charge in [-0.1, -0.05) is 50.2 Å². The van der Waals surface area contributed by atoms with Crippen molar-refractivity contribution < 1.29 is 15.0 Å². The molecule has 5 heteroatoms. The maximum atomic E-state index is 10.1. The van der Waals surface area contributed by atoms with Gasteiger partial charge in [-0.2, -0.15) is 0 Å². The SMILES string of the molecule is CC.O=C(NCO)NCO.c1ccccc1. The Hall–Kier alpha value is -1.59. The van der Waals surface area contributed by atoms with Crippen LogP contribution in [0.3, 0.4) is 0 Å². The summed E-state index contributed by atoms with van der Waals surface area (Å²) in [4.78, 5) is 10.1. The first-order chi connectivity index (χ1) is 7.81. The minimum atomic E-state index is -0.588. The molecular weight excluding hydrogens is 208 g/mol. The number of aliphatic hydroxyl groups excluding tert-OH is 2. The lowest BCUT2D eigenvalue weighted by molar-refractivity contribution is 0.201. The van der Waals surface area contributed by atoms with E-state index in [9.17, 15) is 4.79 Å². The summed E-state index contributed by atoms with van der Waals surface area (Å²) in [6.07, 6.45) is 0. The lowest BCUT2D eigenvalue weighted by Gasteiger charge is -1.98. The fourth-order valence-corrected chi connectivity index (χ4v) is 0.591. The van der Waals surface area contributed by atoms with Gasteiger partial charge in [0.1, 0.15) is 13.5 Å². The van der Waals surface area contributed by atoms with E-state index in [2.05, 4.69) is 0 Å². The highest BCUT2D eigenvalue weighted by Crippen LogP contribution is 1.79. The molecule has 0 atom stereocenters. The average Bonchev–Trinajstić information content (AvgIpc) is 2.35. The van der Waals surface area contributed by atoms with Crippen molar-refractivity contribution >= 4 is 6.03 Å². The minimum Gasteiger partial charge on any atom is -0.376 e. The molecule has 1 aromatic rings. The molecule has 0 unspecified atom stereocenters. The maximum Gasteiger partial charge on any atom is 0.318 e. The molecule has 4 N–H and O–H groups in total. The van der Waals surface area contributed by atoms with Gasteiger partial charge in [0.2, 0.25) is 0 Å². The Bertz CT molecular complexity index is 195. The Balaban J connectivity index is 0. The Morgan fingerprint density at radius 3 is 1.31 bits per heavy atom. The first-order valence-corrected chi connectivity index (χ1v) is 5.04. The summed E-state index contributed by atoms with van der Waals surface area (Å²) in [5.74, 6) is 0. The van der Waals surface area contributed by atoms with Crippen LogP contribution in [0.4, 0.5) is 4.79 Å². The van der Waals surface area contributed by atoms with Crippen LogP contribution in [0.5, 0.6) is 0 Å². The number of rotatable bonds is 2. The number of urea groups is 1. The van der Waals surface area contributed by atoms with Crippen LogP contribution >= 0.6 is 0 Å². The average molecular weight is 228 g/mol. The van der Waals surface area contributed by atoms with Crippen LogP contribution in [0.15, 0.2) is 36.4 Å². The summed E-state index contributed by atoms with van der Waals surface area (Å²) in [6, 6.07) is 11.4. The third-order valence-corrected chi connectivity index (χ3v) is 1.15. The molecule has 0 radical (unpaired) electrons. The highest BCUT2D eigenvalue weighted by Gasteiger charge is 1.91. The summed E-state index contributed by atoms with van der Waals surface area (Å²) in [5.41, 5.74) is 0. The van der Waals surface area contributed by atoms with Gasteiger partial charge in [0.15, 0.2) is 0 Å². The maximum absolute atomic E-state index is 10.1. The summed E-state index contributed by atoms with van der Waals surface area (Å²) >= 11 is 0. The molecule has 0 saturated heterocycles. The van der Waals surface area contributed by atoms with E-state index in [1.165, 1.54) is 0 Å². The standard InChI is InChI=1S/C6H6.C3H8N2O3.C2H6/c1-2-4-6-5-3-1;6-1-4-3(8)5-2-7;1-2/h1-6H;6-7H,1-2H2,(H2,4,5,8);1-2H3. The van der Waals surface area contributed by atoms with E-state index in [-0.39, 0.29) is 0 Å².